The summed E-state index contributed by atoms with van der Waals surface area (Å²) >= 11 is 1.32. The van der Waals surface area contributed by atoms with E-state index in [0.29, 0.717) is 15.8 Å². The van der Waals surface area contributed by atoms with Crippen LogP contribution in [0.15, 0.2) is 42.5 Å². The van der Waals surface area contributed by atoms with Crippen molar-refractivity contribution in [1.29, 1.82) is 0 Å². The molecule has 0 bridgehead atoms. The summed E-state index contributed by atoms with van der Waals surface area (Å²) in [6.45, 7) is 3.72. The molecule has 0 aliphatic carbocycles. The van der Waals surface area contributed by atoms with Crippen LogP contribution < -0.4 is 5.32 Å². The van der Waals surface area contributed by atoms with Gasteiger partial charge in [-0.1, -0.05) is 24.3 Å². The number of rotatable bonds is 2. The highest BCUT2D eigenvalue weighted by Crippen LogP contribution is 2.33. The van der Waals surface area contributed by atoms with E-state index in [1.807, 2.05) is 37.3 Å². The van der Waals surface area contributed by atoms with Crippen molar-refractivity contribution in [1.82, 2.24) is 0 Å². The highest BCUT2D eigenvalue weighted by Gasteiger charge is 2.18. The molecule has 0 unspecified atom stereocenters. The van der Waals surface area contributed by atoms with E-state index in [0.717, 1.165) is 16.0 Å². The molecular weight excluding hydrogens is 285 g/mol. The van der Waals surface area contributed by atoms with Crippen molar-refractivity contribution in [3.63, 3.8) is 0 Å². The first kappa shape index (κ1) is 13.8. The van der Waals surface area contributed by atoms with E-state index in [1.165, 1.54) is 17.4 Å². The third kappa shape index (κ3) is 2.43. The van der Waals surface area contributed by atoms with Gasteiger partial charge < -0.3 is 5.32 Å². The van der Waals surface area contributed by atoms with Crippen LogP contribution >= 0.6 is 11.3 Å². The summed E-state index contributed by atoms with van der Waals surface area (Å²) in [6, 6.07) is 12.5. The van der Waals surface area contributed by atoms with Gasteiger partial charge in [0.15, 0.2) is 0 Å². The first-order valence-corrected chi connectivity index (χ1v) is 7.44. The van der Waals surface area contributed by atoms with E-state index in [4.69, 9.17) is 0 Å². The molecule has 1 N–H and O–H groups in total. The number of carbonyl (C=O) groups excluding carboxylic acids is 1. The topological polar surface area (TPSA) is 29.1 Å². The molecule has 4 heteroatoms. The second-order valence-electron chi connectivity index (χ2n) is 4.94. The normalized spacial score (nSPS) is 10.8. The molecule has 0 radical (unpaired) electrons. The summed E-state index contributed by atoms with van der Waals surface area (Å²) in [5.74, 6) is -0.474. The van der Waals surface area contributed by atoms with Gasteiger partial charge >= 0.3 is 0 Å². The fourth-order valence-electron chi connectivity index (χ4n) is 2.36. The molecule has 0 aliphatic heterocycles. The Morgan fingerprint density at radius 1 is 1.10 bits per heavy atom. The van der Waals surface area contributed by atoms with Crippen LogP contribution in [0.25, 0.3) is 10.1 Å². The molecule has 21 heavy (non-hydrogen) atoms. The maximum Gasteiger partial charge on any atom is 0.266 e. The fourth-order valence-corrected chi connectivity index (χ4v) is 3.48. The van der Waals surface area contributed by atoms with E-state index >= 15 is 0 Å². The van der Waals surface area contributed by atoms with Crippen LogP contribution in [0.4, 0.5) is 10.1 Å². The second kappa shape index (κ2) is 5.30. The first-order chi connectivity index (χ1) is 10.1. The van der Waals surface area contributed by atoms with Gasteiger partial charge in [-0.15, -0.1) is 11.3 Å². The number of para-hydroxylation sites is 1. The largest absolute Gasteiger partial charge is 0.321 e. The molecule has 0 saturated heterocycles. The maximum absolute atomic E-state index is 13.9. The van der Waals surface area contributed by atoms with Gasteiger partial charge in [0, 0.05) is 15.8 Å². The van der Waals surface area contributed by atoms with Crippen LogP contribution in [0.2, 0.25) is 0 Å². The van der Waals surface area contributed by atoms with Gasteiger partial charge in [-0.05, 0) is 43.2 Å². The van der Waals surface area contributed by atoms with Crippen molar-refractivity contribution < 1.29 is 9.18 Å². The fraction of sp³-hybridized carbons (Fsp3) is 0.118. The molecule has 0 spiro atoms. The Morgan fingerprint density at radius 2 is 1.86 bits per heavy atom. The van der Waals surface area contributed by atoms with Crippen LogP contribution in [0.1, 0.15) is 20.8 Å². The minimum Gasteiger partial charge on any atom is -0.321 e. The molecular formula is C17H14FNOS. The number of thiophene rings is 1. The van der Waals surface area contributed by atoms with E-state index < -0.39 is 0 Å². The number of hydrogen-bond acceptors (Lipinski definition) is 2. The summed E-state index contributed by atoms with van der Waals surface area (Å²) in [5.41, 5.74) is 2.47. The lowest BCUT2D eigenvalue weighted by atomic mass is 10.1. The summed E-state index contributed by atoms with van der Waals surface area (Å²) in [5, 5.41) is 3.44. The van der Waals surface area contributed by atoms with Crippen molar-refractivity contribution in [2.45, 2.75) is 13.8 Å². The van der Waals surface area contributed by atoms with Gasteiger partial charge in [-0.25, -0.2) is 4.39 Å². The predicted octanol–water partition coefficient (Wildman–Crippen LogP) is 4.91. The lowest BCUT2D eigenvalue weighted by Gasteiger charge is -2.07. The van der Waals surface area contributed by atoms with Crippen molar-refractivity contribution >= 4 is 33.0 Å². The summed E-state index contributed by atoms with van der Waals surface area (Å²) < 4.78 is 14.7. The van der Waals surface area contributed by atoms with Gasteiger partial charge in [0.25, 0.3) is 5.91 Å². The van der Waals surface area contributed by atoms with E-state index in [9.17, 15) is 9.18 Å². The highest BCUT2D eigenvalue weighted by atomic mass is 32.1. The van der Waals surface area contributed by atoms with E-state index in [2.05, 4.69) is 5.32 Å². The Hall–Kier alpha value is -2.20. The molecule has 1 amide bonds. The Bertz CT molecular complexity index is 838. The zero-order valence-electron chi connectivity index (χ0n) is 11.7. The Labute approximate surface area is 126 Å². The average Bonchev–Trinajstić information content (AvgIpc) is 2.80. The van der Waals surface area contributed by atoms with Crippen molar-refractivity contribution in [3.05, 3.63) is 64.3 Å². The van der Waals surface area contributed by atoms with Crippen LogP contribution in [-0.2, 0) is 0 Å². The lowest BCUT2D eigenvalue weighted by molar-refractivity contribution is 0.103. The molecule has 2 nitrogen and oxygen atoms in total. The summed E-state index contributed by atoms with van der Waals surface area (Å²) in [6.07, 6.45) is 0. The third-order valence-electron chi connectivity index (χ3n) is 3.50. The molecule has 0 aliphatic rings. The molecule has 3 aromatic rings. The molecule has 0 fully saturated rings. The van der Waals surface area contributed by atoms with E-state index in [-0.39, 0.29) is 11.7 Å². The monoisotopic (exact) mass is 299 g/mol. The number of anilines is 1. The lowest BCUT2D eigenvalue weighted by Crippen LogP contribution is -2.12. The standard InChI is InChI=1S/C17H14FNOS/c1-10-6-3-4-8-13(10)19-17(20)16-11(2)15-12(18)7-5-9-14(15)21-16/h3-9H,1-2H3,(H,19,20). The molecule has 2 aromatic carbocycles. The Kier molecular flexibility index (Phi) is 3.47. The minimum atomic E-state index is -0.281. The van der Waals surface area contributed by atoms with Crippen molar-refractivity contribution in [2.75, 3.05) is 5.32 Å². The summed E-state index contributed by atoms with van der Waals surface area (Å²) in [7, 11) is 0. The molecule has 106 valence electrons. The SMILES string of the molecule is Cc1ccccc1NC(=O)c1sc2cccc(F)c2c1C. The molecule has 1 aromatic heterocycles. The molecule has 1 heterocycles. The predicted molar refractivity (Wildman–Crippen MR) is 85.7 cm³/mol. The van der Waals surface area contributed by atoms with Crippen LogP contribution in [0.5, 0.6) is 0 Å². The zero-order chi connectivity index (χ0) is 15.0. The third-order valence-corrected chi connectivity index (χ3v) is 4.76. The number of fused-ring (bicyclic) bond motifs is 1. The molecule has 0 saturated carbocycles. The number of nitrogens with one attached hydrogen (secondary N) is 1. The number of carbonyl (C=O) groups is 1. The van der Waals surface area contributed by atoms with Gasteiger partial charge in [-0.2, -0.15) is 0 Å². The van der Waals surface area contributed by atoms with Crippen molar-refractivity contribution in [2.24, 2.45) is 0 Å². The van der Waals surface area contributed by atoms with Gasteiger partial charge in [-0.3, -0.25) is 4.79 Å². The number of hydrogen-bond donors (Lipinski definition) is 1. The van der Waals surface area contributed by atoms with Gasteiger partial charge in [0.05, 0.1) is 4.88 Å². The number of benzene rings is 2. The Balaban J connectivity index is 2.01. The zero-order valence-corrected chi connectivity index (χ0v) is 12.6. The van der Waals surface area contributed by atoms with Crippen molar-refractivity contribution in [3.8, 4) is 0 Å². The highest BCUT2D eigenvalue weighted by molar-refractivity contribution is 7.21. The Morgan fingerprint density at radius 3 is 2.57 bits per heavy atom. The van der Waals surface area contributed by atoms with Crippen LogP contribution in [0, 0.1) is 19.7 Å². The number of halogens is 1. The second-order valence-corrected chi connectivity index (χ2v) is 5.99. The van der Waals surface area contributed by atoms with E-state index in [1.54, 1.807) is 13.0 Å². The quantitative estimate of drug-likeness (QED) is 0.715. The number of amides is 1. The summed E-state index contributed by atoms with van der Waals surface area (Å²) in [4.78, 5) is 13.0. The minimum absolute atomic E-state index is 0.192. The van der Waals surface area contributed by atoms with Gasteiger partial charge in [0.1, 0.15) is 5.82 Å². The molecule has 0 atom stereocenters. The smallest absolute Gasteiger partial charge is 0.266 e. The van der Waals surface area contributed by atoms with Gasteiger partial charge in [0.2, 0.25) is 0 Å². The van der Waals surface area contributed by atoms with Crippen LogP contribution in [0.3, 0.4) is 0 Å². The van der Waals surface area contributed by atoms with Crippen LogP contribution in [-0.4, -0.2) is 5.91 Å². The molecule has 3 rings (SSSR count). The average molecular weight is 299 g/mol. The number of aryl methyl sites for hydroxylation is 2. The maximum atomic E-state index is 13.9. The first-order valence-electron chi connectivity index (χ1n) is 6.62.